The van der Waals surface area contributed by atoms with Crippen LogP contribution in [0.1, 0.15) is 17.0 Å². The number of benzene rings is 1. The van der Waals surface area contributed by atoms with E-state index in [0.717, 1.165) is 48.0 Å². The van der Waals surface area contributed by atoms with Crippen molar-refractivity contribution < 1.29 is 4.74 Å². The highest BCUT2D eigenvalue weighted by Crippen LogP contribution is 2.28. The number of hydrogen-bond acceptors (Lipinski definition) is 4. The number of rotatable bonds is 2. The van der Waals surface area contributed by atoms with Crippen LogP contribution in [0.3, 0.4) is 0 Å². The molecule has 1 N–H and O–H groups in total. The fourth-order valence-electron chi connectivity index (χ4n) is 2.46. The number of methoxy groups -OCH3 is 1. The number of nitrogens with one attached hydrogen (secondary N) is 1. The van der Waals surface area contributed by atoms with Crippen molar-refractivity contribution >= 4 is 0 Å². The molecule has 0 atom stereocenters. The Hall–Kier alpha value is -1.94. The Kier molecular flexibility index (Phi) is 3.17. The number of nitrogens with zero attached hydrogens (tertiary/aromatic N) is 2. The van der Waals surface area contributed by atoms with Crippen molar-refractivity contribution in [1.29, 1.82) is 0 Å². The molecule has 1 aromatic heterocycles. The predicted molar refractivity (Wildman–Crippen MR) is 74.2 cm³/mol. The first-order chi connectivity index (χ1) is 9.29. The van der Waals surface area contributed by atoms with Crippen LogP contribution in [0.15, 0.2) is 24.3 Å². The largest absolute Gasteiger partial charge is 0.496 e. The van der Waals surface area contributed by atoms with Gasteiger partial charge in [-0.2, -0.15) is 0 Å². The molecule has 0 radical (unpaired) electrons. The molecule has 0 bridgehead atoms. The van der Waals surface area contributed by atoms with Crippen molar-refractivity contribution in [3.63, 3.8) is 0 Å². The highest BCUT2D eigenvalue weighted by Gasteiger charge is 2.17. The van der Waals surface area contributed by atoms with Gasteiger partial charge in [0.2, 0.25) is 0 Å². The summed E-state index contributed by atoms with van der Waals surface area (Å²) in [6, 6.07) is 7.88. The molecule has 0 saturated heterocycles. The third kappa shape index (κ3) is 2.19. The third-order valence-electron chi connectivity index (χ3n) is 3.49. The van der Waals surface area contributed by atoms with Crippen molar-refractivity contribution in [3.8, 4) is 17.1 Å². The van der Waals surface area contributed by atoms with Crippen LogP contribution in [0.25, 0.3) is 11.4 Å². The van der Waals surface area contributed by atoms with Gasteiger partial charge in [-0.1, -0.05) is 12.1 Å². The lowest BCUT2D eigenvalue weighted by Crippen LogP contribution is -2.26. The third-order valence-corrected chi connectivity index (χ3v) is 3.49. The first-order valence-electron chi connectivity index (χ1n) is 6.50. The van der Waals surface area contributed by atoms with Gasteiger partial charge in [0, 0.05) is 30.8 Å². The number of aryl methyl sites for hydroxylation is 1. The molecule has 2 heterocycles. The Labute approximate surface area is 112 Å². The molecule has 0 unspecified atom stereocenters. The lowest BCUT2D eigenvalue weighted by atomic mass is 10.0. The van der Waals surface area contributed by atoms with Gasteiger partial charge >= 0.3 is 0 Å². The van der Waals surface area contributed by atoms with E-state index in [9.17, 15) is 0 Å². The van der Waals surface area contributed by atoms with E-state index in [1.807, 2.05) is 31.2 Å². The van der Waals surface area contributed by atoms with E-state index >= 15 is 0 Å². The summed E-state index contributed by atoms with van der Waals surface area (Å²) in [6.45, 7) is 3.90. The van der Waals surface area contributed by atoms with Crippen molar-refractivity contribution in [2.45, 2.75) is 19.9 Å². The van der Waals surface area contributed by atoms with E-state index in [2.05, 4.69) is 10.3 Å². The smallest absolute Gasteiger partial charge is 0.163 e. The summed E-state index contributed by atoms with van der Waals surface area (Å²) in [5, 5.41) is 3.36. The molecule has 3 rings (SSSR count). The Balaban J connectivity index is 2.13. The van der Waals surface area contributed by atoms with Gasteiger partial charge in [0.25, 0.3) is 0 Å². The number of para-hydroxylation sites is 1. The predicted octanol–water partition coefficient (Wildman–Crippen LogP) is 2.11. The van der Waals surface area contributed by atoms with Crippen LogP contribution in [0, 0.1) is 6.92 Å². The normalized spacial score (nSPS) is 14.0. The van der Waals surface area contributed by atoms with Crippen LogP contribution in [-0.4, -0.2) is 23.6 Å². The summed E-state index contributed by atoms with van der Waals surface area (Å²) in [6.07, 6.45) is 0.959. The van der Waals surface area contributed by atoms with Gasteiger partial charge < -0.3 is 10.1 Å². The molecule has 4 nitrogen and oxygen atoms in total. The molecule has 0 fully saturated rings. The zero-order valence-corrected chi connectivity index (χ0v) is 11.2. The maximum absolute atomic E-state index is 5.39. The molecule has 0 amide bonds. The maximum Gasteiger partial charge on any atom is 0.163 e. The summed E-state index contributed by atoms with van der Waals surface area (Å²) in [4.78, 5) is 9.36. The second-order valence-electron chi connectivity index (χ2n) is 4.68. The summed E-state index contributed by atoms with van der Waals surface area (Å²) in [5.74, 6) is 1.58. The van der Waals surface area contributed by atoms with E-state index in [0.29, 0.717) is 0 Å². The minimum absolute atomic E-state index is 0.760. The van der Waals surface area contributed by atoms with Crippen molar-refractivity contribution in [3.05, 3.63) is 41.2 Å². The molecule has 2 aromatic rings. The maximum atomic E-state index is 5.39. The van der Waals surface area contributed by atoms with Gasteiger partial charge in [0.15, 0.2) is 5.82 Å². The fraction of sp³-hybridized carbons (Fsp3) is 0.333. The van der Waals surface area contributed by atoms with Crippen LogP contribution in [-0.2, 0) is 13.0 Å². The zero-order chi connectivity index (χ0) is 13.2. The number of fused-ring (bicyclic) bond motifs is 1. The second kappa shape index (κ2) is 4.97. The van der Waals surface area contributed by atoms with Crippen LogP contribution in [0.5, 0.6) is 5.75 Å². The van der Waals surface area contributed by atoms with E-state index < -0.39 is 0 Å². The standard InChI is InChI=1S/C15H17N3O/c1-10-12-9-16-8-7-13(12)18-15(17-10)11-5-3-4-6-14(11)19-2/h3-6,16H,7-9H2,1-2H3. The quantitative estimate of drug-likeness (QED) is 0.892. The van der Waals surface area contributed by atoms with E-state index in [4.69, 9.17) is 9.72 Å². The van der Waals surface area contributed by atoms with Crippen LogP contribution >= 0.6 is 0 Å². The molecule has 1 aliphatic heterocycles. The Morgan fingerprint density at radius 2 is 2.05 bits per heavy atom. The summed E-state index contributed by atoms with van der Waals surface area (Å²) in [7, 11) is 1.67. The van der Waals surface area contributed by atoms with E-state index in [-0.39, 0.29) is 0 Å². The van der Waals surface area contributed by atoms with Crippen LogP contribution < -0.4 is 10.1 Å². The molecule has 0 aliphatic carbocycles. The summed E-state index contributed by atoms with van der Waals surface area (Å²) >= 11 is 0. The van der Waals surface area contributed by atoms with E-state index in [1.165, 1.54) is 5.56 Å². The highest BCUT2D eigenvalue weighted by molar-refractivity contribution is 5.64. The Bertz CT molecular complexity index is 610. The highest BCUT2D eigenvalue weighted by atomic mass is 16.5. The molecule has 1 aliphatic rings. The van der Waals surface area contributed by atoms with Crippen molar-refractivity contribution in [1.82, 2.24) is 15.3 Å². The van der Waals surface area contributed by atoms with Crippen molar-refractivity contribution in [2.24, 2.45) is 0 Å². The lowest BCUT2D eigenvalue weighted by molar-refractivity contribution is 0.416. The molecular formula is C15H17N3O. The Morgan fingerprint density at radius 3 is 2.89 bits per heavy atom. The van der Waals surface area contributed by atoms with E-state index in [1.54, 1.807) is 7.11 Å². The number of hydrogen-bond donors (Lipinski definition) is 1. The summed E-state index contributed by atoms with van der Waals surface area (Å²) in [5.41, 5.74) is 4.41. The number of ether oxygens (including phenoxy) is 1. The van der Waals surface area contributed by atoms with Gasteiger partial charge in [-0.3, -0.25) is 0 Å². The minimum atomic E-state index is 0.760. The van der Waals surface area contributed by atoms with Gasteiger partial charge in [0.05, 0.1) is 18.4 Å². The SMILES string of the molecule is COc1ccccc1-c1nc(C)c2c(n1)CCNC2. The lowest BCUT2D eigenvalue weighted by Gasteiger charge is -2.19. The molecule has 0 spiro atoms. The molecular weight excluding hydrogens is 238 g/mol. The minimum Gasteiger partial charge on any atom is -0.496 e. The van der Waals surface area contributed by atoms with Crippen LogP contribution in [0.4, 0.5) is 0 Å². The average molecular weight is 255 g/mol. The molecule has 0 saturated carbocycles. The van der Waals surface area contributed by atoms with Crippen LogP contribution in [0.2, 0.25) is 0 Å². The van der Waals surface area contributed by atoms with Gasteiger partial charge in [-0.15, -0.1) is 0 Å². The molecule has 1 aromatic carbocycles. The van der Waals surface area contributed by atoms with Gasteiger partial charge in [-0.05, 0) is 19.1 Å². The number of aromatic nitrogens is 2. The van der Waals surface area contributed by atoms with Gasteiger partial charge in [-0.25, -0.2) is 9.97 Å². The second-order valence-corrected chi connectivity index (χ2v) is 4.68. The zero-order valence-electron chi connectivity index (χ0n) is 11.2. The monoisotopic (exact) mass is 255 g/mol. The van der Waals surface area contributed by atoms with Crippen molar-refractivity contribution in [2.75, 3.05) is 13.7 Å². The van der Waals surface area contributed by atoms with Gasteiger partial charge in [0.1, 0.15) is 5.75 Å². The summed E-state index contributed by atoms with van der Waals surface area (Å²) < 4.78 is 5.39. The fourth-order valence-corrected chi connectivity index (χ4v) is 2.46. The topological polar surface area (TPSA) is 47.0 Å². The molecule has 4 heteroatoms. The average Bonchev–Trinajstić information content (AvgIpc) is 2.47. The molecule has 98 valence electrons. The Morgan fingerprint density at radius 1 is 1.21 bits per heavy atom. The molecule has 19 heavy (non-hydrogen) atoms. The first-order valence-corrected chi connectivity index (χ1v) is 6.50. The first kappa shape index (κ1) is 12.1.